The summed E-state index contributed by atoms with van der Waals surface area (Å²) >= 11 is 8.57. The van der Waals surface area contributed by atoms with Crippen molar-refractivity contribution >= 4 is 51.6 Å². The lowest BCUT2D eigenvalue weighted by molar-refractivity contribution is -0.113. The quantitative estimate of drug-likeness (QED) is 0.516. The van der Waals surface area contributed by atoms with Gasteiger partial charge in [0, 0.05) is 22.5 Å². The summed E-state index contributed by atoms with van der Waals surface area (Å²) in [6, 6.07) is 6.28. The number of amides is 2. The fraction of sp³-hybridized carbons (Fsp3) is 0.316. The number of rotatable bonds is 7. The number of halogens is 1. The van der Waals surface area contributed by atoms with Gasteiger partial charge in [-0.2, -0.15) is 0 Å². The lowest BCUT2D eigenvalue weighted by atomic mass is 10.2. The van der Waals surface area contributed by atoms with Crippen LogP contribution in [0.4, 0.5) is 5.13 Å². The zero-order valence-corrected chi connectivity index (χ0v) is 19.3. The fourth-order valence-corrected chi connectivity index (χ4v) is 4.26. The van der Waals surface area contributed by atoms with Gasteiger partial charge in [-0.15, -0.1) is 21.5 Å². The highest BCUT2D eigenvalue weighted by Gasteiger charge is 2.19. The maximum absolute atomic E-state index is 12.4. The van der Waals surface area contributed by atoms with E-state index in [0.717, 1.165) is 10.6 Å². The average Bonchev–Trinajstić information content (AvgIpc) is 3.21. The van der Waals surface area contributed by atoms with E-state index in [-0.39, 0.29) is 23.6 Å². The lowest BCUT2D eigenvalue weighted by Crippen LogP contribution is -2.28. The zero-order chi connectivity index (χ0) is 21.8. The summed E-state index contributed by atoms with van der Waals surface area (Å²) < 4.78 is 1.77. The van der Waals surface area contributed by atoms with Gasteiger partial charge in [0.2, 0.25) is 5.91 Å². The van der Waals surface area contributed by atoms with E-state index in [2.05, 4.69) is 25.8 Å². The second-order valence-electron chi connectivity index (χ2n) is 6.60. The highest BCUT2D eigenvalue weighted by Crippen LogP contribution is 2.23. The van der Waals surface area contributed by atoms with Crippen LogP contribution in [-0.2, 0) is 11.8 Å². The Hall–Kier alpha value is -2.43. The van der Waals surface area contributed by atoms with Crippen molar-refractivity contribution in [2.24, 2.45) is 7.05 Å². The van der Waals surface area contributed by atoms with Gasteiger partial charge in [0.05, 0.1) is 17.5 Å². The standard InChI is InChI=1S/C19H21ClN6O2S2/c1-10-12(3)30-18(22-10)23-15(27)9-29-19-25-24-16(26(19)4)11(2)21-17(28)13-5-7-14(20)8-6-13/h5-8,11H,9H2,1-4H3,(H,21,28)(H,22,23,27)/t11-/m0/s1. The Labute approximate surface area is 187 Å². The summed E-state index contributed by atoms with van der Waals surface area (Å²) in [7, 11) is 1.80. The number of anilines is 1. The van der Waals surface area contributed by atoms with Crippen LogP contribution < -0.4 is 10.6 Å². The third-order valence-corrected chi connectivity index (χ3v) is 6.58. The molecule has 0 aliphatic carbocycles. The minimum atomic E-state index is -0.366. The van der Waals surface area contributed by atoms with Crippen molar-refractivity contribution in [2.75, 3.05) is 11.1 Å². The van der Waals surface area contributed by atoms with E-state index in [1.165, 1.54) is 23.1 Å². The molecule has 1 aromatic carbocycles. The van der Waals surface area contributed by atoms with Crippen LogP contribution in [0, 0.1) is 13.8 Å². The Bertz CT molecular complexity index is 1040. The first-order valence-corrected chi connectivity index (χ1v) is 11.2. The van der Waals surface area contributed by atoms with Gasteiger partial charge in [0.25, 0.3) is 5.91 Å². The van der Waals surface area contributed by atoms with Crippen LogP contribution >= 0.6 is 34.7 Å². The van der Waals surface area contributed by atoms with E-state index in [0.29, 0.717) is 26.7 Å². The predicted octanol–water partition coefficient (Wildman–Crippen LogP) is 3.76. The molecule has 3 aromatic rings. The summed E-state index contributed by atoms with van der Waals surface area (Å²) in [5, 5.41) is 15.7. The van der Waals surface area contributed by atoms with Gasteiger partial charge >= 0.3 is 0 Å². The molecule has 0 spiro atoms. The molecule has 30 heavy (non-hydrogen) atoms. The van der Waals surface area contributed by atoms with Crippen molar-refractivity contribution in [1.29, 1.82) is 0 Å². The van der Waals surface area contributed by atoms with Crippen molar-refractivity contribution in [1.82, 2.24) is 25.1 Å². The molecular weight excluding hydrogens is 444 g/mol. The van der Waals surface area contributed by atoms with Gasteiger partial charge in [-0.1, -0.05) is 23.4 Å². The van der Waals surface area contributed by atoms with Gasteiger partial charge in [-0.3, -0.25) is 9.59 Å². The molecule has 0 aliphatic heterocycles. The number of hydrogen-bond donors (Lipinski definition) is 2. The number of aromatic nitrogens is 4. The van der Waals surface area contributed by atoms with Crippen molar-refractivity contribution in [3.8, 4) is 0 Å². The van der Waals surface area contributed by atoms with E-state index >= 15 is 0 Å². The molecule has 0 bridgehead atoms. The minimum absolute atomic E-state index is 0.164. The van der Waals surface area contributed by atoms with Gasteiger partial charge in [0.15, 0.2) is 16.1 Å². The number of nitrogens with one attached hydrogen (secondary N) is 2. The van der Waals surface area contributed by atoms with E-state index in [9.17, 15) is 9.59 Å². The zero-order valence-electron chi connectivity index (χ0n) is 16.9. The van der Waals surface area contributed by atoms with Crippen LogP contribution in [0.5, 0.6) is 0 Å². The summed E-state index contributed by atoms with van der Waals surface area (Å²) in [4.78, 5) is 30.0. The Kier molecular flexibility index (Phi) is 7.11. The lowest BCUT2D eigenvalue weighted by Gasteiger charge is -2.13. The molecule has 0 saturated heterocycles. The molecular formula is C19H21ClN6O2S2. The first-order chi connectivity index (χ1) is 14.2. The molecule has 2 heterocycles. The molecule has 0 unspecified atom stereocenters. The monoisotopic (exact) mass is 464 g/mol. The molecule has 2 aromatic heterocycles. The number of carbonyl (C=O) groups excluding carboxylic acids is 2. The van der Waals surface area contributed by atoms with E-state index in [4.69, 9.17) is 11.6 Å². The Morgan fingerprint density at radius 2 is 1.93 bits per heavy atom. The van der Waals surface area contributed by atoms with Crippen LogP contribution in [0.15, 0.2) is 29.4 Å². The number of aryl methyl sites for hydroxylation is 2. The normalized spacial score (nSPS) is 11.9. The van der Waals surface area contributed by atoms with Crippen LogP contribution in [0.2, 0.25) is 5.02 Å². The summed E-state index contributed by atoms with van der Waals surface area (Å²) in [5.41, 5.74) is 1.42. The molecule has 2 amide bonds. The third-order valence-electron chi connectivity index (χ3n) is 4.32. The molecule has 0 fully saturated rings. The molecule has 0 saturated carbocycles. The Balaban J connectivity index is 1.57. The molecule has 0 aliphatic rings. The van der Waals surface area contributed by atoms with Crippen molar-refractivity contribution in [2.45, 2.75) is 32.0 Å². The summed E-state index contributed by atoms with van der Waals surface area (Å²) in [6.45, 7) is 5.70. The van der Waals surface area contributed by atoms with E-state index < -0.39 is 0 Å². The second kappa shape index (κ2) is 9.59. The molecule has 1 atom stereocenters. The number of nitrogens with zero attached hydrogens (tertiary/aromatic N) is 4. The first-order valence-electron chi connectivity index (χ1n) is 9.07. The minimum Gasteiger partial charge on any atom is -0.342 e. The molecule has 0 radical (unpaired) electrons. The third kappa shape index (κ3) is 5.38. The highest BCUT2D eigenvalue weighted by molar-refractivity contribution is 7.99. The van der Waals surface area contributed by atoms with Gasteiger partial charge in [-0.05, 0) is 45.0 Å². The largest absolute Gasteiger partial charge is 0.342 e. The predicted molar refractivity (Wildman–Crippen MR) is 119 cm³/mol. The molecule has 8 nitrogen and oxygen atoms in total. The van der Waals surface area contributed by atoms with E-state index in [1.807, 2.05) is 20.8 Å². The second-order valence-corrected chi connectivity index (χ2v) is 9.18. The topological polar surface area (TPSA) is 102 Å². The highest BCUT2D eigenvalue weighted by atomic mass is 35.5. The molecule has 158 valence electrons. The number of carbonyl (C=O) groups is 2. The van der Waals surface area contributed by atoms with Crippen LogP contribution in [0.1, 0.15) is 39.7 Å². The van der Waals surface area contributed by atoms with E-state index in [1.54, 1.807) is 35.9 Å². The smallest absolute Gasteiger partial charge is 0.251 e. The van der Waals surface area contributed by atoms with Crippen LogP contribution in [0.25, 0.3) is 0 Å². The number of thioether (sulfide) groups is 1. The van der Waals surface area contributed by atoms with Crippen molar-refractivity contribution in [3.05, 3.63) is 51.2 Å². The first kappa shape index (κ1) is 22.3. The number of hydrogen-bond acceptors (Lipinski definition) is 7. The summed E-state index contributed by atoms with van der Waals surface area (Å²) in [5.74, 6) is 0.369. The SMILES string of the molecule is Cc1nc(NC(=O)CSc2nnc([C@H](C)NC(=O)c3ccc(Cl)cc3)n2C)sc1C. The maximum Gasteiger partial charge on any atom is 0.251 e. The molecule has 2 N–H and O–H groups in total. The van der Waals surface area contributed by atoms with Crippen LogP contribution in [-0.4, -0.2) is 37.3 Å². The van der Waals surface area contributed by atoms with Gasteiger partial charge in [0.1, 0.15) is 0 Å². The Morgan fingerprint density at radius 3 is 2.57 bits per heavy atom. The number of benzene rings is 1. The molecule has 3 rings (SSSR count). The van der Waals surface area contributed by atoms with Crippen molar-refractivity contribution < 1.29 is 9.59 Å². The fourth-order valence-electron chi connectivity index (χ4n) is 2.59. The summed E-state index contributed by atoms with van der Waals surface area (Å²) in [6.07, 6.45) is 0. The van der Waals surface area contributed by atoms with Gasteiger partial charge < -0.3 is 15.2 Å². The molecule has 11 heteroatoms. The van der Waals surface area contributed by atoms with Gasteiger partial charge in [-0.25, -0.2) is 4.98 Å². The Morgan fingerprint density at radius 1 is 1.23 bits per heavy atom. The van der Waals surface area contributed by atoms with Crippen LogP contribution in [0.3, 0.4) is 0 Å². The van der Waals surface area contributed by atoms with Crippen molar-refractivity contribution in [3.63, 3.8) is 0 Å². The number of thiazole rings is 1. The maximum atomic E-state index is 12.4. The average molecular weight is 465 g/mol.